The third-order valence-corrected chi connectivity index (χ3v) is 7.26. The van der Waals surface area contributed by atoms with Crippen LogP contribution in [0.25, 0.3) is 22.3 Å². The summed E-state index contributed by atoms with van der Waals surface area (Å²) >= 11 is 0. The topological polar surface area (TPSA) is 0 Å². The number of hydrogen-bond donors (Lipinski definition) is 0. The minimum Gasteiger partial charge on any atom is -0.206 e. The van der Waals surface area contributed by atoms with E-state index < -0.39 is 0 Å². The third-order valence-electron chi connectivity index (χ3n) is 7.26. The summed E-state index contributed by atoms with van der Waals surface area (Å²) in [4.78, 5) is 0. The van der Waals surface area contributed by atoms with Crippen molar-refractivity contribution in [3.05, 3.63) is 83.7 Å². The highest BCUT2D eigenvalue weighted by molar-refractivity contribution is 5.71. The Morgan fingerprint density at radius 3 is 2.16 bits per heavy atom. The van der Waals surface area contributed by atoms with Crippen LogP contribution in [0.2, 0.25) is 0 Å². The van der Waals surface area contributed by atoms with Crippen molar-refractivity contribution in [3.8, 4) is 22.3 Å². The van der Waals surface area contributed by atoms with Crippen LogP contribution in [0.15, 0.2) is 66.7 Å². The quantitative estimate of drug-likeness (QED) is 0.298. The van der Waals surface area contributed by atoms with Gasteiger partial charge in [0.15, 0.2) is 0 Å². The van der Waals surface area contributed by atoms with E-state index in [4.69, 9.17) is 0 Å². The number of aryl methyl sites for hydroxylation is 1. The summed E-state index contributed by atoms with van der Waals surface area (Å²) < 4.78 is 15.0. The SMILES string of the molecule is CCCCCc1ccc(-c2ccc(-c3ccc(C4CCC(CCC)C4)cc3)c(F)c2)cc1. The molecule has 0 aromatic heterocycles. The Balaban J connectivity index is 1.44. The first kappa shape index (κ1) is 22.8. The molecule has 0 nitrogen and oxygen atoms in total. The van der Waals surface area contributed by atoms with Gasteiger partial charge in [0.1, 0.15) is 5.82 Å². The van der Waals surface area contributed by atoms with Crippen LogP contribution in [0, 0.1) is 11.7 Å². The Morgan fingerprint density at radius 1 is 0.750 bits per heavy atom. The molecule has 0 saturated heterocycles. The molecule has 1 heteroatoms. The second-order valence-corrected chi connectivity index (χ2v) is 9.64. The monoisotopic (exact) mass is 428 g/mol. The van der Waals surface area contributed by atoms with Crippen molar-refractivity contribution in [1.82, 2.24) is 0 Å². The summed E-state index contributed by atoms with van der Waals surface area (Å²) in [6.45, 7) is 4.51. The minimum absolute atomic E-state index is 0.147. The van der Waals surface area contributed by atoms with E-state index in [9.17, 15) is 0 Å². The van der Waals surface area contributed by atoms with Gasteiger partial charge in [-0.2, -0.15) is 0 Å². The van der Waals surface area contributed by atoms with Gasteiger partial charge in [-0.1, -0.05) is 100 Å². The molecule has 2 unspecified atom stereocenters. The Morgan fingerprint density at radius 2 is 1.47 bits per heavy atom. The summed E-state index contributed by atoms with van der Waals surface area (Å²) in [6, 6.07) is 22.9. The molecule has 3 aromatic carbocycles. The molecule has 1 fully saturated rings. The van der Waals surface area contributed by atoms with E-state index in [0.29, 0.717) is 11.5 Å². The maximum Gasteiger partial charge on any atom is 0.131 e. The Kier molecular flexibility index (Phi) is 7.79. The third kappa shape index (κ3) is 5.49. The lowest BCUT2D eigenvalue weighted by Gasteiger charge is -2.13. The van der Waals surface area contributed by atoms with Crippen molar-refractivity contribution in [1.29, 1.82) is 0 Å². The summed E-state index contributed by atoms with van der Waals surface area (Å²) in [5, 5.41) is 0. The number of benzene rings is 3. The predicted octanol–water partition coefficient (Wildman–Crippen LogP) is 9.58. The van der Waals surface area contributed by atoms with Gasteiger partial charge in [0.05, 0.1) is 0 Å². The van der Waals surface area contributed by atoms with Crippen molar-refractivity contribution in [3.63, 3.8) is 0 Å². The fourth-order valence-electron chi connectivity index (χ4n) is 5.35. The first-order valence-electron chi connectivity index (χ1n) is 12.7. The van der Waals surface area contributed by atoms with Gasteiger partial charge in [-0.3, -0.25) is 0 Å². The van der Waals surface area contributed by atoms with Gasteiger partial charge in [-0.25, -0.2) is 4.39 Å². The van der Waals surface area contributed by atoms with E-state index >= 15 is 4.39 Å². The molecule has 4 rings (SSSR count). The van der Waals surface area contributed by atoms with Gasteiger partial charge < -0.3 is 0 Å². The first-order chi connectivity index (χ1) is 15.7. The lowest BCUT2D eigenvalue weighted by Crippen LogP contribution is -1.96. The number of unbranched alkanes of at least 4 members (excludes halogenated alkanes) is 2. The van der Waals surface area contributed by atoms with Crippen LogP contribution < -0.4 is 0 Å². The Labute approximate surface area is 193 Å². The lowest BCUT2D eigenvalue weighted by molar-refractivity contribution is 0.489. The highest BCUT2D eigenvalue weighted by Gasteiger charge is 2.25. The molecular formula is C31H37F. The molecule has 32 heavy (non-hydrogen) atoms. The standard InChI is InChI=1S/C31H37F/c1-3-5-6-8-23-9-12-25(13-10-23)29-19-20-30(31(32)22-29)27-17-15-26(16-18-27)28-14-11-24(21-28)7-4-2/h9-10,12-13,15-20,22,24,28H,3-8,11,14,21H2,1-2H3. The smallest absolute Gasteiger partial charge is 0.131 e. The van der Waals surface area contributed by atoms with Crippen LogP contribution in [-0.2, 0) is 6.42 Å². The molecule has 0 N–H and O–H groups in total. The van der Waals surface area contributed by atoms with E-state index in [1.807, 2.05) is 12.1 Å². The predicted molar refractivity (Wildman–Crippen MR) is 135 cm³/mol. The molecule has 3 aromatic rings. The van der Waals surface area contributed by atoms with Gasteiger partial charge >= 0.3 is 0 Å². The number of rotatable bonds is 9. The Hall–Kier alpha value is -2.41. The molecule has 0 spiro atoms. The molecule has 168 valence electrons. The molecule has 1 saturated carbocycles. The fraction of sp³-hybridized carbons (Fsp3) is 0.419. The van der Waals surface area contributed by atoms with Crippen LogP contribution in [-0.4, -0.2) is 0 Å². The molecule has 0 aliphatic heterocycles. The van der Waals surface area contributed by atoms with Crippen LogP contribution in [0.1, 0.15) is 82.3 Å². The van der Waals surface area contributed by atoms with Gasteiger partial charge in [-0.05, 0) is 77.8 Å². The molecule has 0 radical (unpaired) electrons. The maximum atomic E-state index is 15.0. The average Bonchev–Trinajstić information content (AvgIpc) is 3.29. The zero-order chi connectivity index (χ0) is 22.3. The van der Waals surface area contributed by atoms with Gasteiger partial charge in [0.2, 0.25) is 0 Å². The van der Waals surface area contributed by atoms with E-state index in [1.165, 1.54) is 62.5 Å². The van der Waals surface area contributed by atoms with Crippen LogP contribution in [0.5, 0.6) is 0 Å². The van der Waals surface area contributed by atoms with Crippen molar-refractivity contribution in [2.75, 3.05) is 0 Å². The Bertz CT molecular complexity index is 984. The van der Waals surface area contributed by atoms with E-state index in [2.05, 4.69) is 62.4 Å². The highest BCUT2D eigenvalue weighted by atomic mass is 19.1. The number of halogens is 1. The van der Waals surface area contributed by atoms with Crippen LogP contribution >= 0.6 is 0 Å². The average molecular weight is 429 g/mol. The summed E-state index contributed by atoms with van der Waals surface area (Å²) in [5.74, 6) is 1.42. The molecule has 1 aliphatic carbocycles. The summed E-state index contributed by atoms with van der Waals surface area (Å²) in [6.07, 6.45) is 11.5. The zero-order valence-electron chi connectivity index (χ0n) is 19.7. The van der Waals surface area contributed by atoms with Crippen LogP contribution in [0.3, 0.4) is 0 Å². The first-order valence-corrected chi connectivity index (χ1v) is 12.7. The van der Waals surface area contributed by atoms with Crippen molar-refractivity contribution < 1.29 is 4.39 Å². The normalized spacial score (nSPS) is 18.2. The summed E-state index contributed by atoms with van der Waals surface area (Å²) in [7, 11) is 0. The van der Waals surface area contributed by atoms with Crippen LogP contribution in [0.4, 0.5) is 4.39 Å². The van der Waals surface area contributed by atoms with Crippen molar-refractivity contribution >= 4 is 0 Å². The molecule has 0 heterocycles. The molecule has 0 amide bonds. The summed E-state index contributed by atoms with van der Waals surface area (Å²) in [5.41, 5.74) is 6.45. The minimum atomic E-state index is -0.147. The van der Waals surface area contributed by atoms with E-state index in [1.54, 1.807) is 6.07 Å². The molecule has 1 aliphatic rings. The molecule has 2 atom stereocenters. The molecular weight excluding hydrogens is 391 g/mol. The van der Waals surface area contributed by atoms with E-state index in [-0.39, 0.29) is 5.82 Å². The zero-order valence-corrected chi connectivity index (χ0v) is 19.7. The molecule has 0 bridgehead atoms. The fourth-order valence-corrected chi connectivity index (χ4v) is 5.35. The van der Waals surface area contributed by atoms with Gasteiger partial charge in [0, 0.05) is 5.56 Å². The van der Waals surface area contributed by atoms with Crippen molar-refractivity contribution in [2.45, 2.75) is 77.6 Å². The second kappa shape index (κ2) is 10.9. The van der Waals surface area contributed by atoms with Crippen molar-refractivity contribution in [2.24, 2.45) is 5.92 Å². The van der Waals surface area contributed by atoms with Gasteiger partial charge in [0.25, 0.3) is 0 Å². The highest BCUT2D eigenvalue weighted by Crippen LogP contribution is 2.40. The lowest BCUT2D eigenvalue weighted by atomic mass is 9.92. The van der Waals surface area contributed by atoms with Gasteiger partial charge in [-0.15, -0.1) is 0 Å². The second-order valence-electron chi connectivity index (χ2n) is 9.64. The maximum absolute atomic E-state index is 15.0. The number of hydrogen-bond acceptors (Lipinski definition) is 0. The largest absolute Gasteiger partial charge is 0.206 e. The van der Waals surface area contributed by atoms with E-state index in [0.717, 1.165) is 29.0 Å².